The normalized spacial score (nSPS) is 13.8. The summed E-state index contributed by atoms with van der Waals surface area (Å²) in [7, 11) is 0. The molecule has 0 amide bonds. The molecule has 2 aromatic carbocycles. The lowest BCUT2D eigenvalue weighted by atomic mass is 9.78. The van der Waals surface area contributed by atoms with Crippen LogP contribution in [0.1, 0.15) is 31.9 Å². The van der Waals surface area contributed by atoms with Crippen LogP contribution >= 0.6 is 23.2 Å². The first-order valence-electron chi connectivity index (χ1n) is 9.29. The molecule has 2 N–H and O–H groups in total. The molecular weight excluding hydrogens is 399 g/mol. The Kier molecular flexibility index (Phi) is 8.44. The lowest BCUT2D eigenvalue weighted by molar-refractivity contribution is 0.0536. The maximum absolute atomic E-state index is 9.38. The van der Waals surface area contributed by atoms with Gasteiger partial charge in [-0.25, -0.2) is 0 Å². The number of alkyl halides is 1. The predicted octanol–water partition coefficient (Wildman–Crippen LogP) is 4.65. The van der Waals surface area contributed by atoms with Crippen LogP contribution in [0.4, 0.5) is 0 Å². The first-order valence-corrected chi connectivity index (χ1v) is 10.2. The van der Waals surface area contributed by atoms with Crippen LogP contribution in [0.5, 0.6) is 11.5 Å². The Balaban J connectivity index is 2.11. The average molecular weight is 427 g/mol. The first-order chi connectivity index (χ1) is 13.3. The number of hydrogen-bond donors (Lipinski definition) is 2. The number of hydrogen-bond acceptors (Lipinski definition) is 4. The maximum atomic E-state index is 9.38. The molecule has 154 valence electrons. The zero-order valence-corrected chi connectivity index (χ0v) is 18.0. The van der Waals surface area contributed by atoms with E-state index in [0.717, 1.165) is 11.1 Å². The quantitative estimate of drug-likeness (QED) is 0.542. The largest absolute Gasteiger partial charge is 0.492 e. The van der Waals surface area contributed by atoms with Gasteiger partial charge in [-0.3, -0.25) is 0 Å². The summed E-state index contributed by atoms with van der Waals surface area (Å²) in [6.45, 7) is 6.53. The van der Waals surface area contributed by atoms with Gasteiger partial charge in [0, 0.05) is 17.2 Å². The average Bonchev–Trinajstić information content (AvgIpc) is 2.70. The van der Waals surface area contributed by atoms with Crippen LogP contribution in [0.15, 0.2) is 42.5 Å². The second kappa shape index (κ2) is 10.4. The summed E-state index contributed by atoms with van der Waals surface area (Å²) in [5.41, 5.74) is 1.90. The van der Waals surface area contributed by atoms with Crippen LogP contribution in [0, 0.1) is 5.92 Å². The van der Waals surface area contributed by atoms with Crippen LogP contribution in [-0.4, -0.2) is 42.0 Å². The van der Waals surface area contributed by atoms with Crippen LogP contribution in [-0.2, 0) is 5.41 Å². The van der Waals surface area contributed by atoms with Crippen molar-refractivity contribution in [2.24, 2.45) is 5.92 Å². The van der Waals surface area contributed by atoms with Crippen LogP contribution < -0.4 is 9.47 Å². The summed E-state index contributed by atoms with van der Waals surface area (Å²) in [5.74, 6) is 2.10. The highest BCUT2D eigenvalue weighted by Gasteiger charge is 2.24. The van der Waals surface area contributed by atoms with E-state index in [1.54, 1.807) is 0 Å². The van der Waals surface area contributed by atoms with Gasteiger partial charge in [-0.05, 0) is 35.4 Å². The molecule has 0 aliphatic carbocycles. The Hall–Kier alpha value is -1.46. The first kappa shape index (κ1) is 22.8. The van der Waals surface area contributed by atoms with Crippen molar-refractivity contribution in [2.75, 3.05) is 25.7 Å². The number of ether oxygens (including phenoxy) is 2. The van der Waals surface area contributed by atoms with Gasteiger partial charge in [-0.2, -0.15) is 0 Å². The van der Waals surface area contributed by atoms with Crippen molar-refractivity contribution in [2.45, 2.75) is 32.3 Å². The third-order valence-corrected chi connectivity index (χ3v) is 5.49. The van der Waals surface area contributed by atoms with Crippen molar-refractivity contribution in [1.82, 2.24) is 0 Å². The van der Waals surface area contributed by atoms with Crippen molar-refractivity contribution < 1.29 is 19.7 Å². The monoisotopic (exact) mass is 426 g/mol. The van der Waals surface area contributed by atoms with Crippen molar-refractivity contribution in [1.29, 1.82) is 0 Å². The van der Waals surface area contributed by atoms with E-state index in [9.17, 15) is 5.11 Å². The smallest absolute Gasteiger partial charge is 0.137 e. The van der Waals surface area contributed by atoms with Crippen molar-refractivity contribution in [3.63, 3.8) is 0 Å². The Morgan fingerprint density at radius 3 is 2.21 bits per heavy atom. The number of benzene rings is 2. The molecule has 0 heterocycles. The molecule has 6 heteroatoms. The predicted molar refractivity (Wildman–Crippen MR) is 114 cm³/mol. The zero-order valence-electron chi connectivity index (χ0n) is 16.5. The van der Waals surface area contributed by atoms with Gasteiger partial charge in [0.1, 0.15) is 24.2 Å². The summed E-state index contributed by atoms with van der Waals surface area (Å²) in [5, 5.41) is 18.8. The maximum Gasteiger partial charge on any atom is 0.137 e. The van der Waals surface area contributed by atoms with E-state index in [1.807, 2.05) is 49.4 Å². The molecule has 4 nitrogen and oxygen atoms in total. The second-order valence-corrected chi connectivity index (χ2v) is 8.23. The van der Waals surface area contributed by atoms with Crippen LogP contribution in [0.25, 0.3) is 0 Å². The fourth-order valence-corrected chi connectivity index (χ4v) is 2.99. The summed E-state index contributed by atoms with van der Waals surface area (Å²) in [6.07, 6.45) is -0.883. The Labute approximate surface area is 177 Å². The number of rotatable bonds is 10. The van der Waals surface area contributed by atoms with Gasteiger partial charge in [0.15, 0.2) is 0 Å². The molecule has 0 fully saturated rings. The van der Waals surface area contributed by atoms with Crippen molar-refractivity contribution >= 4 is 23.2 Å². The molecule has 0 unspecified atom stereocenters. The molecule has 0 radical (unpaired) electrons. The van der Waals surface area contributed by atoms with Crippen molar-refractivity contribution in [3.05, 3.63) is 58.6 Å². The molecule has 0 saturated heterocycles. The molecule has 0 aliphatic heterocycles. The Bertz CT molecular complexity index is 747. The molecular formula is C22H28Cl2O4. The fourth-order valence-electron chi connectivity index (χ4n) is 2.66. The minimum atomic E-state index is -0.883. The van der Waals surface area contributed by atoms with E-state index in [0.29, 0.717) is 29.0 Å². The van der Waals surface area contributed by atoms with E-state index >= 15 is 0 Å². The highest BCUT2D eigenvalue weighted by atomic mass is 35.5. The van der Waals surface area contributed by atoms with Crippen LogP contribution in [0.2, 0.25) is 5.02 Å². The van der Waals surface area contributed by atoms with Gasteiger partial charge in [-0.15, -0.1) is 11.6 Å². The highest BCUT2D eigenvalue weighted by Crippen LogP contribution is 2.36. The molecule has 0 aromatic heterocycles. The fraction of sp³-hybridized carbons (Fsp3) is 0.455. The van der Waals surface area contributed by atoms with E-state index < -0.39 is 6.10 Å². The second-order valence-electron chi connectivity index (χ2n) is 7.51. The lowest BCUT2D eigenvalue weighted by Gasteiger charge is -2.27. The summed E-state index contributed by atoms with van der Waals surface area (Å²) >= 11 is 12.3. The van der Waals surface area contributed by atoms with Gasteiger partial charge in [0.25, 0.3) is 0 Å². The van der Waals surface area contributed by atoms with Gasteiger partial charge in [-0.1, -0.05) is 50.6 Å². The number of aliphatic hydroxyl groups excluding tert-OH is 2. The van der Waals surface area contributed by atoms with Gasteiger partial charge < -0.3 is 19.7 Å². The zero-order chi connectivity index (χ0) is 20.7. The lowest BCUT2D eigenvalue weighted by Crippen LogP contribution is -2.21. The molecule has 2 rings (SSSR count). The summed E-state index contributed by atoms with van der Waals surface area (Å²) in [6, 6.07) is 13.5. The molecule has 0 spiro atoms. The minimum Gasteiger partial charge on any atom is -0.492 e. The third kappa shape index (κ3) is 6.02. The van der Waals surface area contributed by atoms with E-state index in [1.165, 1.54) is 0 Å². The van der Waals surface area contributed by atoms with Gasteiger partial charge in [0.2, 0.25) is 0 Å². The molecule has 0 aliphatic rings. The molecule has 0 bridgehead atoms. The Morgan fingerprint density at radius 2 is 1.64 bits per heavy atom. The highest BCUT2D eigenvalue weighted by molar-refractivity contribution is 6.32. The summed E-state index contributed by atoms with van der Waals surface area (Å²) < 4.78 is 11.2. The minimum absolute atomic E-state index is 0.0542. The molecule has 2 aromatic rings. The molecule has 28 heavy (non-hydrogen) atoms. The SMILES string of the molecule is C[C@H](CCl)COc1ccc(C(C)(C)c2ccc(OC[C@H](O)CO)cc2)cc1Cl. The van der Waals surface area contributed by atoms with E-state index in [4.69, 9.17) is 37.8 Å². The standard InChI is InChI=1S/C22H28Cl2O4/c1-15(11-23)13-28-21-9-6-17(10-20(21)24)22(2,3)16-4-7-19(8-5-16)27-14-18(26)12-25/h4-10,15,18,25-26H,11-14H2,1-3H3/t15-,18-/m1/s1. The van der Waals surface area contributed by atoms with Crippen LogP contribution in [0.3, 0.4) is 0 Å². The Morgan fingerprint density at radius 1 is 1.00 bits per heavy atom. The number of halogens is 2. The third-order valence-electron chi connectivity index (χ3n) is 4.67. The molecule has 0 saturated carbocycles. The van der Waals surface area contributed by atoms with E-state index in [-0.39, 0.29) is 24.5 Å². The van der Waals surface area contributed by atoms with Crippen molar-refractivity contribution in [3.8, 4) is 11.5 Å². The van der Waals surface area contributed by atoms with E-state index in [2.05, 4.69) is 13.8 Å². The van der Waals surface area contributed by atoms with Gasteiger partial charge >= 0.3 is 0 Å². The molecule has 2 atom stereocenters. The summed E-state index contributed by atoms with van der Waals surface area (Å²) in [4.78, 5) is 0. The van der Waals surface area contributed by atoms with Gasteiger partial charge in [0.05, 0.1) is 18.2 Å². The topological polar surface area (TPSA) is 58.9 Å². The number of aliphatic hydroxyl groups is 2.